The highest BCUT2D eigenvalue weighted by molar-refractivity contribution is 5.67. The number of nitrogens with zero attached hydrogens (tertiary/aromatic N) is 4. The third-order valence-electron chi connectivity index (χ3n) is 4.88. The molecule has 0 spiro atoms. The van der Waals surface area contributed by atoms with E-state index in [0.29, 0.717) is 0 Å². The molecule has 0 atom stereocenters. The van der Waals surface area contributed by atoms with Crippen molar-refractivity contribution in [2.45, 2.75) is 39.0 Å². The smallest absolute Gasteiger partial charge is 0.138 e. The topological polar surface area (TPSA) is 32.3 Å². The molecule has 1 fully saturated rings. The highest BCUT2D eigenvalue weighted by atomic mass is 15.2. The van der Waals surface area contributed by atoms with Crippen LogP contribution >= 0.6 is 0 Å². The van der Waals surface area contributed by atoms with E-state index in [9.17, 15) is 0 Å². The van der Waals surface area contributed by atoms with Gasteiger partial charge >= 0.3 is 0 Å². The lowest BCUT2D eigenvalue weighted by Gasteiger charge is -2.32. The van der Waals surface area contributed by atoms with Gasteiger partial charge in [-0.25, -0.2) is 9.97 Å². The number of aromatic nitrogens is 2. The van der Waals surface area contributed by atoms with Crippen molar-refractivity contribution in [3.63, 3.8) is 0 Å². The number of piperidine rings is 1. The quantitative estimate of drug-likeness (QED) is 0.843. The van der Waals surface area contributed by atoms with Crippen LogP contribution in [0.25, 0.3) is 0 Å². The molecule has 4 rings (SSSR count). The van der Waals surface area contributed by atoms with Gasteiger partial charge in [-0.15, -0.1) is 0 Å². The van der Waals surface area contributed by atoms with Gasteiger partial charge in [-0.05, 0) is 50.7 Å². The molecule has 0 N–H and O–H groups in total. The Morgan fingerprint density at radius 1 is 0.870 bits per heavy atom. The summed E-state index contributed by atoms with van der Waals surface area (Å²) in [6.45, 7) is 5.28. The summed E-state index contributed by atoms with van der Waals surface area (Å²) >= 11 is 0. The highest BCUT2D eigenvalue weighted by Gasteiger charge is 2.21. The third kappa shape index (κ3) is 2.90. The molecule has 120 valence electrons. The standard InChI is InChI=1S/C19H24N4/c1-15-20-18(22-11-5-2-6-12-22)14-19(21-15)23-13-7-9-16-8-3-4-10-17(16)23/h3-4,8,10,14H,2,5-7,9,11-13H2,1H3. The molecule has 1 aromatic carbocycles. The number of benzene rings is 1. The zero-order chi connectivity index (χ0) is 15.6. The van der Waals surface area contributed by atoms with E-state index in [-0.39, 0.29) is 0 Å². The molecule has 0 saturated carbocycles. The molecule has 4 heteroatoms. The Morgan fingerprint density at radius 2 is 1.65 bits per heavy atom. The third-order valence-corrected chi connectivity index (χ3v) is 4.88. The van der Waals surface area contributed by atoms with Gasteiger partial charge in [-0.1, -0.05) is 18.2 Å². The van der Waals surface area contributed by atoms with Crippen molar-refractivity contribution >= 4 is 17.3 Å². The second-order valence-electron chi connectivity index (χ2n) is 6.56. The minimum Gasteiger partial charge on any atom is -0.356 e. The molecule has 0 bridgehead atoms. The van der Waals surface area contributed by atoms with E-state index in [1.165, 1.54) is 36.9 Å². The first-order chi connectivity index (χ1) is 11.3. The van der Waals surface area contributed by atoms with E-state index in [2.05, 4.69) is 40.1 Å². The molecule has 2 aliphatic rings. The van der Waals surface area contributed by atoms with Crippen LogP contribution in [0, 0.1) is 6.92 Å². The lowest BCUT2D eigenvalue weighted by Crippen LogP contribution is -2.31. The Hall–Kier alpha value is -2.10. The first-order valence-electron chi connectivity index (χ1n) is 8.77. The van der Waals surface area contributed by atoms with Crippen molar-refractivity contribution in [3.05, 3.63) is 41.7 Å². The van der Waals surface area contributed by atoms with E-state index >= 15 is 0 Å². The molecule has 4 nitrogen and oxygen atoms in total. The summed E-state index contributed by atoms with van der Waals surface area (Å²) in [5, 5.41) is 0. The maximum Gasteiger partial charge on any atom is 0.138 e. The van der Waals surface area contributed by atoms with Crippen LogP contribution in [0.5, 0.6) is 0 Å². The van der Waals surface area contributed by atoms with Crippen molar-refractivity contribution in [2.24, 2.45) is 0 Å². The van der Waals surface area contributed by atoms with Crippen LogP contribution in [-0.4, -0.2) is 29.6 Å². The molecule has 23 heavy (non-hydrogen) atoms. The van der Waals surface area contributed by atoms with E-state index in [0.717, 1.165) is 43.5 Å². The molecule has 0 amide bonds. The number of hydrogen-bond donors (Lipinski definition) is 0. The normalized spacial score (nSPS) is 18.0. The Labute approximate surface area is 138 Å². The summed E-state index contributed by atoms with van der Waals surface area (Å²) in [5.74, 6) is 3.01. The predicted molar refractivity (Wildman–Crippen MR) is 94.6 cm³/mol. The maximum atomic E-state index is 4.74. The van der Waals surface area contributed by atoms with Gasteiger partial charge in [0.1, 0.15) is 17.5 Å². The van der Waals surface area contributed by atoms with Crippen LogP contribution in [0.1, 0.15) is 37.1 Å². The van der Waals surface area contributed by atoms with E-state index in [4.69, 9.17) is 9.97 Å². The largest absolute Gasteiger partial charge is 0.356 e. The Balaban J connectivity index is 1.71. The molecule has 2 aromatic rings. The number of rotatable bonds is 2. The Kier molecular flexibility index (Phi) is 3.90. The zero-order valence-electron chi connectivity index (χ0n) is 13.8. The highest BCUT2D eigenvalue weighted by Crippen LogP contribution is 2.33. The second-order valence-corrected chi connectivity index (χ2v) is 6.56. The number of para-hydroxylation sites is 1. The average molecular weight is 308 g/mol. The number of anilines is 3. The van der Waals surface area contributed by atoms with Crippen molar-refractivity contribution < 1.29 is 0 Å². The SMILES string of the molecule is Cc1nc(N2CCCCC2)cc(N2CCCc3ccccc32)n1. The summed E-state index contributed by atoms with van der Waals surface area (Å²) in [6, 6.07) is 10.9. The minimum absolute atomic E-state index is 0.867. The predicted octanol–water partition coefficient (Wildman–Crippen LogP) is 3.86. The molecular formula is C19H24N4. The van der Waals surface area contributed by atoms with E-state index in [1.807, 2.05) is 6.92 Å². The second kappa shape index (κ2) is 6.19. The maximum absolute atomic E-state index is 4.74. The molecule has 0 radical (unpaired) electrons. The van der Waals surface area contributed by atoms with Gasteiger partial charge < -0.3 is 9.80 Å². The van der Waals surface area contributed by atoms with Crippen molar-refractivity contribution in [1.29, 1.82) is 0 Å². The average Bonchev–Trinajstić information content (AvgIpc) is 2.61. The Morgan fingerprint density at radius 3 is 2.52 bits per heavy atom. The fourth-order valence-electron chi connectivity index (χ4n) is 3.73. The van der Waals surface area contributed by atoms with Crippen LogP contribution in [-0.2, 0) is 6.42 Å². The van der Waals surface area contributed by atoms with Crippen molar-refractivity contribution in [2.75, 3.05) is 29.4 Å². The summed E-state index contributed by atoms with van der Waals surface area (Å²) < 4.78 is 0. The monoisotopic (exact) mass is 308 g/mol. The molecule has 3 heterocycles. The van der Waals surface area contributed by atoms with Crippen LogP contribution in [0.15, 0.2) is 30.3 Å². The van der Waals surface area contributed by atoms with Gasteiger partial charge in [0.05, 0.1) is 0 Å². The molecule has 1 aromatic heterocycles. The summed E-state index contributed by atoms with van der Waals surface area (Å²) in [6.07, 6.45) is 6.22. The van der Waals surface area contributed by atoms with Crippen LogP contribution < -0.4 is 9.80 Å². The molecule has 0 aliphatic carbocycles. The first-order valence-corrected chi connectivity index (χ1v) is 8.77. The van der Waals surface area contributed by atoms with Crippen LogP contribution in [0.2, 0.25) is 0 Å². The van der Waals surface area contributed by atoms with Crippen molar-refractivity contribution in [1.82, 2.24) is 9.97 Å². The van der Waals surface area contributed by atoms with Crippen LogP contribution in [0.3, 0.4) is 0 Å². The lowest BCUT2D eigenvalue weighted by atomic mass is 10.0. The molecule has 1 saturated heterocycles. The summed E-state index contributed by atoms with van der Waals surface area (Å²) in [4.78, 5) is 14.2. The fourth-order valence-corrected chi connectivity index (χ4v) is 3.73. The minimum atomic E-state index is 0.867. The van der Waals surface area contributed by atoms with Gasteiger partial charge in [0.2, 0.25) is 0 Å². The van der Waals surface area contributed by atoms with E-state index < -0.39 is 0 Å². The van der Waals surface area contributed by atoms with Gasteiger partial charge in [0.25, 0.3) is 0 Å². The summed E-state index contributed by atoms with van der Waals surface area (Å²) in [5.41, 5.74) is 2.73. The molecular weight excluding hydrogens is 284 g/mol. The van der Waals surface area contributed by atoms with Crippen molar-refractivity contribution in [3.8, 4) is 0 Å². The number of fused-ring (bicyclic) bond motifs is 1. The van der Waals surface area contributed by atoms with Gasteiger partial charge in [0, 0.05) is 31.4 Å². The number of hydrogen-bond acceptors (Lipinski definition) is 4. The Bertz CT molecular complexity index is 692. The zero-order valence-corrected chi connectivity index (χ0v) is 13.8. The number of aryl methyl sites for hydroxylation is 2. The first kappa shape index (κ1) is 14.5. The lowest BCUT2D eigenvalue weighted by molar-refractivity contribution is 0.572. The summed E-state index contributed by atoms with van der Waals surface area (Å²) in [7, 11) is 0. The van der Waals surface area contributed by atoms with Gasteiger partial charge in [0.15, 0.2) is 0 Å². The molecule has 2 aliphatic heterocycles. The molecule has 0 unspecified atom stereocenters. The van der Waals surface area contributed by atoms with E-state index in [1.54, 1.807) is 0 Å². The fraction of sp³-hybridized carbons (Fsp3) is 0.474. The van der Waals surface area contributed by atoms with Crippen LogP contribution in [0.4, 0.5) is 17.3 Å². The van der Waals surface area contributed by atoms with Gasteiger partial charge in [-0.2, -0.15) is 0 Å². The van der Waals surface area contributed by atoms with Gasteiger partial charge in [-0.3, -0.25) is 0 Å².